The van der Waals surface area contributed by atoms with Crippen molar-refractivity contribution in [2.24, 2.45) is 10.4 Å². The number of guanidine groups is 1. The molecule has 0 saturated heterocycles. The van der Waals surface area contributed by atoms with E-state index in [-0.39, 0.29) is 0 Å². The van der Waals surface area contributed by atoms with Crippen LogP contribution in [0.1, 0.15) is 43.7 Å². The molecule has 1 heterocycles. The highest BCUT2D eigenvalue weighted by Gasteiger charge is 2.36. The molecule has 1 aromatic carbocycles. The van der Waals surface area contributed by atoms with Crippen LogP contribution in [0.4, 0.5) is 0 Å². The maximum absolute atomic E-state index is 5.29. The Hall–Kier alpha value is -2.34. The summed E-state index contributed by atoms with van der Waals surface area (Å²) in [6.45, 7) is 6.13. The zero-order chi connectivity index (χ0) is 19.7. The Bertz CT molecular complexity index is 736. The quantitative estimate of drug-likeness (QED) is 0.489. The van der Waals surface area contributed by atoms with Crippen molar-refractivity contribution in [3.8, 4) is 0 Å². The lowest BCUT2D eigenvalue weighted by molar-refractivity contribution is 0.0732. The molecule has 1 fully saturated rings. The molecule has 0 spiro atoms. The summed E-state index contributed by atoms with van der Waals surface area (Å²) in [7, 11) is 1.78. The molecular weight excluding hydrogens is 350 g/mol. The number of methoxy groups -OCH3 is 1. The molecule has 1 aromatic heterocycles. The third-order valence-electron chi connectivity index (χ3n) is 5.52. The predicted molar refractivity (Wildman–Crippen MR) is 113 cm³/mol. The van der Waals surface area contributed by atoms with E-state index in [9.17, 15) is 0 Å². The molecular formula is C22H33N5O. The largest absolute Gasteiger partial charge is 0.385 e. The minimum Gasteiger partial charge on any atom is -0.385 e. The highest BCUT2D eigenvalue weighted by Crippen LogP contribution is 2.43. The van der Waals surface area contributed by atoms with Crippen molar-refractivity contribution < 1.29 is 4.74 Å². The van der Waals surface area contributed by atoms with Crippen LogP contribution < -0.4 is 10.6 Å². The smallest absolute Gasteiger partial charge is 0.191 e. The van der Waals surface area contributed by atoms with Crippen LogP contribution >= 0.6 is 0 Å². The lowest BCUT2D eigenvalue weighted by Gasteiger charge is -2.42. The molecule has 6 nitrogen and oxygen atoms in total. The summed E-state index contributed by atoms with van der Waals surface area (Å²) in [5, 5.41) is 11.4. The molecule has 0 atom stereocenters. The fourth-order valence-electron chi connectivity index (χ4n) is 3.64. The average molecular weight is 384 g/mol. The van der Waals surface area contributed by atoms with Gasteiger partial charge in [-0.3, -0.25) is 4.68 Å². The second kappa shape index (κ2) is 10.3. The molecule has 0 aliphatic heterocycles. The Morgan fingerprint density at radius 1 is 1.21 bits per heavy atom. The molecule has 0 unspecified atom stereocenters. The first kappa shape index (κ1) is 20.4. The third kappa shape index (κ3) is 5.83. The van der Waals surface area contributed by atoms with E-state index in [1.165, 1.54) is 24.8 Å². The van der Waals surface area contributed by atoms with E-state index in [0.29, 0.717) is 12.0 Å². The number of hydrogen-bond donors (Lipinski definition) is 2. The maximum atomic E-state index is 5.29. The number of nitrogens with one attached hydrogen (secondary N) is 2. The van der Waals surface area contributed by atoms with Crippen molar-refractivity contribution in [2.45, 2.75) is 45.7 Å². The van der Waals surface area contributed by atoms with E-state index >= 15 is 0 Å². The van der Waals surface area contributed by atoms with Crippen LogP contribution in [-0.4, -0.2) is 42.5 Å². The summed E-state index contributed by atoms with van der Waals surface area (Å²) >= 11 is 0. The fraction of sp³-hybridized carbons (Fsp3) is 0.545. The van der Waals surface area contributed by atoms with Gasteiger partial charge in [0, 0.05) is 38.6 Å². The van der Waals surface area contributed by atoms with Gasteiger partial charge in [0.15, 0.2) is 5.96 Å². The van der Waals surface area contributed by atoms with Crippen LogP contribution in [0.3, 0.4) is 0 Å². The number of aromatic nitrogens is 2. The first-order valence-corrected chi connectivity index (χ1v) is 10.3. The standard InChI is InChI=1S/C22H33N5O/c1-3-23-21(25-18-22(10-7-11-22)12-13-28-2)24-14-20-15-26-27(17-20)16-19-8-5-4-6-9-19/h4-6,8-9,15,17H,3,7,10-14,16,18H2,1-2H3,(H2,23,24,25). The molecule has 152 valence electrons. The lowest BCUT2D eigenvalue weighted by Crippen LogP contribution is -2.46. The number of aliphatic imine (C=N–C) groups is 1. The SMILES string of the molecule is CCNC(=NCc1cnn(Cc2ccccc2)c1)NCC1(CCOC)CCC1. The molecule has 2 N–H and O–H groups in total. The minimum absolute atomic E-state index is 0.368. The van der Waals surface area contributed by atoms with Crippen LogP contribution in [0.5, 0.6) is 0 Å². The van der Waals surface area contributed by atoms with Gasteiger partial charge in [-0.2, -0.15) is 5.10 Å². The molecule has 6 heteroatoms. The van der Waals surface area contributed by atoms with Gasteiger partial charge >= 0.3 is 0 Å². The Labute approximate surface area is 168 Å². The summed E-state index contributed by atoms with van der Waals surface area (Å²) in [6, 6.07) is 10.4. The number of ether oxygens (including phenoxy) is 1. The van der Waals surface area contributed by atoms with Crippen molar-refractivity contribution >= 4 is 5.96 Å². The molecule has 0 bridgehead atoms. The molecule has 28 heavy (non-hydrogen) atoms. The zero-order valence-corrected chi connectivity index (χ0v) is 17.2. The molecule has 1 aliphatic carbocycles. The summed E-state index contributed by atoms with van der Waals surface area (Å²) in [5.74, 6) is 0.877. The van der Waals surface area contributed by atoms with E-state index in [2.05, 4.69) is 53.1 Å². The topological polar surface area (TPSA) is 63.5 Å². The molecule has 0 amide bonds. The van der Waals surface area contributed by atoms with Crippen LogP contribution in [0, 0.1) is 5.41 Å². The van der Waals surface area contributed by atoms with Crippen molar-refractivity contribution in [2.75, 3.05) is 26.8 Å². The first-order chi connectivity index (χ1) is 13.7. The first-order valence-electron chi connectivity index (χ1n) is 10.3. The van der Waals surface area contributed by atoms with E-state index in [1.54, 1.807) is 7.11 Å². The third-order valence-corrected chi connectivity index (χ3v) is 5.52. The molecule has 0 radical (unpaired) electrons. The minimum atomic E-state index is 0.368. The molecule has 1 saturated carbocycles. The van der Waals surface area contributed by atoms with Crippen LogP contribution in [0.25, 0.3) is 0 Å². The number of nitrogens with zero attached hydrogens (tertiary/aromatic N) is 3. The Balaban J connectivity index is 1.54. The summed E-state index contributed by atoms with van der Waals surface area (Å²) in [5.41, 5.74) is 2.73. The summed E-state index contributed by atoms with van der Waals surface area (Å²) in [4.78, 5) is 4.76. The number of benzene rings is 1. The van der Waals surface area contributed by atoms with Crippen LogP contribution in [0.15, 0.2) is 47.7 Å². The van der Waals surface area contributed by atoms with Gasteiger partial charge in [-0.05, 0) is 37.2 Å². The Morgan fingerprint density at radius 2 is 2.04 bits per heavy atom. The van der Waals surface area contributed by atoms with Gasteiger partial charge in [0.1, 0.15) is 0 Å². The van der Waals surface area contributed by atoms with Gasteiger partial charge in [0.2, 0.25) is 0 Å². The lowest BCUT2D eigenvalue weighted by atomic mass is 9.67. The number of hydrogen-bond acceptors (Lipinski definition) is 3. The fourth-order valence-corrected chi connectivity index (χ4v) is 3.64. The van der Waals surface area contributed by atoms with Crippen LogP contribution in [0.2, 0.25) is 0 Å². The van der Waals surface area contributed by atoms with E-state index in [1.807, 2.05) is 16.9 Å². The van der Waals surface area contributed by atoms with Gasteiger partial charge in [0.05, 0.1) is 19.3 Å². The average Bonchev–Trinajstić information content (AvgIpc) is 3.13. The molecule has 3 rings (SSSR count). The van der Waals surface area contributed by atoms with Gasteiger partial charge in [-0.25, -0.2) is 4.99 Å². The van der Waals surface area contributed by atoms with Gasteiger partial charge in [0.25, 0.3) is 0 Å². The molecule has 2 aromatic rings. The summed E-state index contributed by atoms with van der Waals surface area (Å²) < 4.78 is 7.26. The van der Waals surface area contributed by atoms with Crippen molar-refractivity contribution in [3.05, 3.63) is 53.9 Å². The summed E-state index contributed by atoms with van der Waals surface area (Å²) in [6.07, 6.45) is 8.96. The highest BCUT2D eigenvalue weighted by atomic mass is 16.5. The monoisotopic (exact) mass is 383 g/mol. The normalized spacial score (nSPS) is 15.9. The predicted octanol–water partition coefficient (Wildman–Crippen LogP) is 3.19. The Morgan fingerprint density at radius 3 is 2.71 bits per heavy atom. The zero-order valence-electron chi connectivity index (χ0n) is 17.2. The second-order valence-corrected chi connectivity index (χ2v) is 7.68. The number of rotatable bonds is 10. The van der Waals surface area contributed by atoms with E-state index in [0.717, 1.165) is 44.2 Å². The van der Waals surface area contributed by atoms with E-state index in [4.69, 9.17) is 9.73 Å². The van der Waals surface area contributed by atoms with E-state index < -0.39 is 0 Å². The van der Waals surface area contributed by atoms with Crippen molar-refractivity contribution in [3.63, 3.8) is 0 Å². The van der Waals surface area contributed by atoms with Gasteiger partial charge in [-0.1, -0.05) is 36.8 Å². The molecule has 1 aliphatic rings. The maximum Gasteiger partial charge on any atom is 0.191 e. The van der Waals surface area contributed by atoms with Crippen molar-refractivity contribution in [1.29, 1.82) is 0 Å². The highest BCUT2D eigenvalue weighted by molar-refractivity contribution is 5.79. The van der Waals surface area contributed by atoms with Crippen molar-refractivity contribution in [1.82, 2.24) is 20.4 Å². The van der Waals surface area contributed by atoms with Gasteiger partial charge < -0.3 is 15.4 Å². The second-order valence-electron chi connectivity index (χ2n) is 7.68. The van der Waals surface area contributed by atoms with Crippen LogP contribution in [-0.2, 0) is 17.8 Å². The van der Waals surface area contributed by atoms with Gasteiger partial charge in [-0.15, -0.1) is 0 Å². The Kier molecular flexibility index (Phi) is 7.48.